The van der Waals surface area contributed by atoms with Crippen molar-refractivity contribution in [1.82, 2.24) is 5.01 Å². The summed E-state index contributed by atoms with van der Waals surface area (Å²) in [5.74, 6) is 5.44. The molecule has 0 fully saturated rings. The van der Waals surface area contributed by atoms with Crippen LogP contribution in [0, 0.1) is 20.2 Å². The Morgan fingerprint density at radius 3 is 2.28 bits per heavy atom. The Hall–Kier alpha value is -2.33. The third-order valence-corrected chi connectivity index (χ3v) is 2.30. The minimum absolute atomic E-state index is 0.0220. The molecule has 0 aliphatic rings. The zero-order valence-corrected chi connectivity index (χ0v) is 9.79. The predicted molar refractivity (Wildman–Crippen MR) is 66.3 cm³/mol. The molecule has 10 heteroatoms. The second-order valence-corrected chi connectivity index (χ2v) is 3.72. The van der Waals surface area contributed by atoms with E-state index in [9.17, 15) is 20.2 Å². The van der Waals surface area contributed by atoms with Crippen LogP contribution in [0.4, 0.5) is 11.4 Å². The minimum Gasteiger partial charge on any atom is -0.375 e. The Kier molecular flexibility index (Phi) is 4.07. The standard InChI is InChI=1S/C8H9N5O4S/c9-8(18)11(10)4-5-1-2-6(12(14)15)7(3-5)13(16)17/h1-3H,4,10H2,(H2,9,18). The molecule has 0 bridgehead atoms. The summed E-state index contributed by atoms with van der Waals surface area (Å²) >= 11 is 4.61. The summed E-state index contributed by atoms with van der Waals surface area (Å²) in [4.78, 5) is 19.6. The predicted octanol–water partition coefficient (Wildman–Crippen LogP) is 0.422. The van der Waals surface area contributed by atoms with Crippen LogP contribution in [0.15, 0.2) is 18.2 Å². The number of hydrogen-bond acceptors (Lipinski definition) is 6. The topological polar surface area (TPSA) is 142 Å². The average Bonchev–Trinajstić information content (AvgIpc) is 2.28. The summed E-state index contributed by atoms with van der Waals surface area (Å²) in [5.41, 5.74) is 4.46. The Balaban J connectivity index is 3.11. The lowest BCUT2D eigenvalue weighted by molar-refractivity contribution is -0.422. The maximum atomic E-state index is 10.7. The molecule has 0 atom stereocenters. The van der Waals surface area contributed by atoms with E-state index in [-0.39, 0.29) is 11.7 Å². The van der Waals surface area contributed by atoms with Crippen LogP contribution in [-0.4, -0.2) is 20.0 Å². The van der Waals surface area contributed by atoms with E-state index in [1.165, 1.54) is 6.07 Å². The van der Waals surface area contributed by atoms with Gasteiger partial charge < -0.3 is 5.73 Å². The van der Waals surface area contributed by atoms with Gasteiger partial charge in [-0.05, 0) is 23.8 Å². The molecule has 1 aromatic rings. The smallest absolute Gasteiger partial charge is 0.346 e. The molecule has 96 valence electrons. The normalized spacial score (nSPS) is 9.83. The molecule has 4 N–H and O–H groups in total. The molecule has 0 radical (unpaired) electrons. The largest absolute Gasteiger partial charge is 0.375 e. The molecule has 0 aliphatic heterocycles. The van der Waals surface area contributed by atoms with E-state index in [0.717, 1.165) is 17.1 Å². The first-order valence-electron chi connectivity index (χ1n) is 4.56. The fraction of sp³-hybridized carbons (Fsp3) is 0.125. The Morgan fingerprint density at radius 1 is 1.28 bits per heavy atom. The first-order valence-corrected chi connectivity index (χ1v) is 4.97. The highest BCUT2D eigenvalue weighted by Crippen LogP contribution is 2.27. The lowest BCUT2D eigenvalue weighted by atomic mass is 10.1. The summed E-state index contributed by atoms with van der Waals surface area (Å²) in [5, 5.41) is 22.2. The number of nitrogens with two attached hydrogens (primary N) is 2. The quantitative estimate of drug-likeness (QED) is 0.347. The van der Waals surface area contributed by atoms with Crippen molar-refractivity contribution in [2.45, 2.75) is 6.54 Å². The molecule has 0 aliphatic carbocycles. The monoisotopic (exact) mass is 271 g/mol. The van der Waals surface area contributed by atoms with Crippen molar-refractivity contribution in [1.29, 1.82) is 0 Å². The number of nitrogens with zero attached hydrogens (tertiary/aromatic N) is 3. The van der Waals surface area contributed by atoms with Crippen molar-refractivity contribution < 1.29 is 9.85 Å². The molecule has 0 amide bonds. The molecule has 1 rings (SSSR count). The van der Waals surface area contributed by atoms with E-state index in [1.807, 2.05) is 0 Å². The van der Waals surface area contributed by atoms with Crippen LogP contribution in [0.25, 0.3) is 0 Å². The van der Waals surface area contributed by atoms with Gasteiger partial charge in [0.05, 0.1) is 16.4 Å². The van der Waals surface area contributed by atoms with Gasteiger partial charge in [0.25, 0.3) is 0 Å². The molecule has 0 saturated heterocycles. The first-order chi connectivity index (χ1) is 8.32. The number of nitro benzene ring substituents is 2. The van der Waals surface area contributed by atoms with Crippen LogP contribution in [-0.2, 0) is 6.54 Å². The molecule has 0 aromatic heterocycles. The molecule has 1 aromatic carbocycles. The van der Waals surface area contributed by atoms with Gasteiger partial charge in [0.15, 0.2) is 5.11 Å². The number of hydrogen-bond donors (Lipinski definition) is 2. The maximum Gasteiger partial charge on any atom is 0.346 e. The highest BCUT2D eigenvalue weighted by molar-refractivity contribution is 7.80. The summed E-state index contributed by atoms with van der Waals surface area (Å²) < 4.78 is 0. The van der Waals surface area contributed by atoms with E-state index < -0.39 is 21.2 Å². The summed E-state index contributed by atoms with van der Waals surface area (Å²) in [7, 11) is 0. The number of nitro groups is 2. The zero-order valence-electron chi connectivity index (χ0n) is 8.98. The van der Waals surface area contributed by atoms with Crippen LogP contribution in [0.3, 0.4) is 0 Å². The Labute approximate surface area is 106 Å². The lowest BCUT2D eigenvalue weighted by Gasteiger charge is -2.15. The molecule has 0 spiro atoms. The van der Waals surface area contributed by atoms with Crippen LogP contribution in [0.2, 0.25) is 0 Å². The number of thiocarbonyl (C=S) groups is 1. The molecule has 0 unspecified atom stereocenters. The van der Waals surface area contributed by atoms with Gasteiger partial charge >= 0.3 is 11.4 Å². The van der Waals surface area contributed by atoms with Crippen molar-refractivity contribution in [2.75, 3.05) is 0 Å². The second-order valence-electron chi connectivity index (χ2n) is 3.30. The van der Waals surface area contributed by atoms with Gasteiger partial charge in [0, 0.05) is 12.1 Å². The van der Waals surface area contributed by atoms with E-state index in [0.29, 0.717) is 5.56 Å². The molecular weight excluding hydrogens is 262 g/mol. The molecule has 9 nitrogen and oxygen atoms in total. The number of benzene rings is 1. The van der Waals surface area contributed by atoms with Gasteiger partial charge in [-0.1, -0.05) is 0 Å². The van der Waals surface area contributed by atoms with E-state index in [2.05, 4.69) is 12.2 Å². The first kappa shape index (κ1) is 13.7. The summed E-state index contributed by atoms with van der Waals surface area (Å²) in [6.45, 7) is 0.0220. The van der Waals surface area contributed by atoms with Crippen molar-refractivity contribution >= 4 is 28.7 Å². The minimum atomic E-state index is -0.830. The zero-order chi connectivity index (χ0) is 13.9. The Bertz CT molecular complexity index is 520. The van der Waals surface area contributed by atoms with Gasteiger partial charge in [-0.3, -0.25) is 25.2 Å². The van der Waals surface area contributed by atoms with Gasteiger partial charge in [-0.15, -0.1) is 0 Å². The van der Waals surface area contributed by atoms with E-state index >= 15 is 0 Å². The molecular formula is C8H9N5O4S. The maximum absolute atomic E-state index is 10.7. The van der Waals surface area contributed by atoms with E-state index in [1.54, 1.807) is 0 Å². The third kappa shape index (κ3) is 3.09. The number of rotatable bonds is 4. The van der Waals surface area contributed by atoms with Crippen molar-refractivity contribution in [3.63, 3.8) is 0 Å². The average molecular weight is 271 g/mol. The molecule has 18 heavy (non-hydrogen) atoms. The fourth-order valence-corrected chi connectivity index (χ4v) is 1.31. The van der Waals surface area contributed by atoms with E-state index in [4.69, 9.17) is 11.6 Å². The summed E-state index contributed by atoms with van der Waals surface area (Å²) in [6, 6.07) is 3.46. The third-order valence-electron chi connectivity index (χ3n) is 2.07. The fourth-order valence-electron chi connectivity index (χ4n) is 1.24. The van der Waals surface area contributed by atoms with Gasteiger partial charge in [0.1, 0.15) is 0 Å². The van der Waals surface area contributed by atoms with Crippen LogP contribution in [0.1, 0.15) is 5.56 Å². The van der Waals surface area contributed by atoms with Gasteiger partial charge in [-0.2, -0.15) is 0 Å². The van der Waals surface area contributed by atoms with Crippen LogP contribution < -0.4 is 11.6 Å². The SMILES string of the molecule is NC(=S)N(N)Cc1ccc([N+](=O)[O-])c([N+](=O)[O-])c1. The van der Waals surface area contributed by atoms with Crippen LogP contribution >= 0.6 is 12.2 Å². The summed E-state index contributed by atoms with van der Waals surface area (Å²) in [6.07, 6.45) is 0. The Morgan fingerprint density at radius 2 is 1.83 bits per heavy atom. The van der Waals surface area contributed by atoms with Gasteiger partial charge in [0.2, 0.25) is 0 Å². The molecule has 0 heterocycles. The van der Waals surface area contributed by atoms with Gasteiger partial charge in [-0.25, -0.2) is 5.84 Å². The van der Waals surface area contributed by atoms with Crippen molar-refractivity contribution in [3.8, 4) is 0 Å². The highest BCUT2D eigenvalue weighted by Gasteiger charge is 2.24. The van der Waals surface area contributed by atoms with Crippen molar-refractivity contribution in [2.24, 2.45) is 11.6 Å². The highest BCUT2D eigenvalue weighted by atomic mass is 32.1. The number of hydrazine groups is 1. The lowest BCUT2D eigenvalue weighted by Crippen LogP contribution is -2.40. The van der Waals surface area contributed by atoms with Crippen LogP contribution in [0.5, 0.6) is 0 Å². The van der Waals surface area contributed by atoms with Crippen molar-refractivity contribution in [3.05, 3.63) is 44.0 Å². The molecule has 0 saturated carbocycles. The second kappa shape index (κ2) is 5.33.